The number of hydrogen-bond donors (Lipinski definition) is 0. The molecule has 0 aliphatic heterocycles. The molecule has 0 fully saturated rings. The molecule has 1 aromatic carbocycles. The summed E-state index contributed by atoms with van der Waals surface area (Å²) >= 11 is 0. The molecule has 1 aliphatic rings. The highest BCUT2D eigenvalue weighted by Crippen LogP contribution is 2.32. The zero-order chi connectivity index (χ0) is 9.42. The molecular formula is C13H16. The fourth-order valence-corrected chi connectivity index (χ4v) is 2.03. The molecule has 0 N–H and O–H groups in total. The maximum Gasteiger partial charge on any atom is -0.0150 e. The first-order valence-corrected chi connectivity index (χ1v) is 4.97. The Morgan fingerprint density at radius 2 is 2.00 bits per heavy atom. The van der Waals surface area contributed by atoms with E-state index in [2.05, 4.69) is 45.1 Å². The maximum atomic E-state index is 2.30. The second kappa shape index (κ2) is 3.02. The summed E-state index contributed by atoms with van der Waals surface area (Å²) in [6, 6.07) is 4.52. The summed E-state index contributed by atoms with van der Waals surface area (Å²) in [5.41, 5.74) is 5.82. The molecule has 0 nitrogen and oxygen atoms in total. The molecule has 0 radical (unpaired) electrons. The van der Waals surface area contributed by atoms with Crippen LogP contribution in [0.4, 0.5) is 0 Å². The predicted octanol–water partition coefficient (Wildman–Crippen LogP) is 3.82. The largest absolute Gasteiger partial charge is 0.0833 e. The Morgan fingerprint density at radius 1 is 1.23 bits per heavy atom. The van der Waals surface area contributed by atoms with Gasteiger partial charge in [0.25, 0.3) is 0 Å². The van der Waals surface area contributed by atoms with Gasteiger partial charge in [-0.15, -0.1) is 0 Å². The Kier molecular flexibility index (Phi) is 1.99. The van der Waals surface area contributed by atoms with E-state index in [1.54, 1.807) is 0 Å². The van der Waals surface area contributed by atoms with Crippen LogP contribution in [0.25, 0.3) is 6.08 Å². The summed E-state index contributed by atoms with van der Waals surface area (Å²) in [7, 11) is 0. The smallest absolute Gasteiger partial charge is 0.0150 e. The van der Waals surface area contributed by atoms with Gasteiger partial charge in [-0.3, -0.25) is 0 Å². The summed E-state index contributed by atoms with van der Waals surface area (Å²) < 4.78 is 0. The third kappa shape index (κ3) is 1.31. The highest BCUT2D eigenvalue weighted by atomic mass is 14.2. The van der Waals surface area contributed by atoms with Crippen LogP contribution in [0.5, 0.6) is 0 Å². The van der Waals surface area contributed by atoms with E-state index in [-0.39, 0.29) is 0 Å². The van der Waals surface area contributed by atoms with Crippen molar-refractivity contribution in [2.24, 2.45) is 0 Å². The SMILES string of the molecule is Cc1ccc2c(c1C)C=CCC2C. The van der Waals surface area contributed by atoms with Crippen LogP contribution in [-0.4, -0.2) is 0 Å². The van der Waals surface area contributed by atoms with Gasteiger partial charge in [0.05, 0.1) is 0 Å². The first-order chi connectivity index (χ1) is 6.20. The van der Waals surface area contributed by atoms with Gasteiger partial charge >= 0.3 is 0 Å². The maximum absolute atomic E-state index is 2.30. The Balaban J connectivity index is 2.65. The average Bonchev–Trinajstić information content (AvgIpc) is 2.12. The molecule has 2 rings (SSSR count). The lowest BCUT2D eigenvalue weighted by Crippen LogP contribution is -2.02. The van der Waals surface area contributed by atoms with Crippen molar-refractivity contribution in [3.05, 3.63) is 40.5 Å². The molecule has 68 valence electrons. The van der Waals surface area contributed by atoms with E-state index < -0.39 is 0 Å². The fraction of sp³-hybridized carbons (Fsp3) is 0.385. The average molecular weight is 172 g/mol. The van der Waals surface area contributed by atoms with Gasteiger partial charge in [-0.1, -0.05) is 31.2 Å². The van der Waals surface area contributed by atoms with E-state index in [0.29, 0.717) is 5.92 Å². The van der Waals surface area contributed by atoms with Crippen molar-refractivity contribution < 1.29 is 0 Å². The molecule has 0 heteroatoms. The van der Waals surface area contributed by atoms with Crippen molar-refractivity contribution in [1.29, 1.82) is 0 Å². The molecule has 13 heavy (non-hydrogen) atoms. The summed E-state index contributed by atoms with van der Waals surface area (Å²) in [5.74, 6) is 0.694. The molecule has 0 aromatic heterocycles. The highest BCUT2D eigenvalue weighted by Gasteiger charge is 2.14. The normalized spacial score (nSPS) is 20.1. The highest BCUT2D eigenvalue weighted by molar-refractivity contribution is 5.62. The number of aryl methyl sites for hydroxylation is 1. The molecular weight excluding hydrogens is 156 g/mol. The van der Waals surface area contributed by atoms with Crippen molar-refractivity contribution in [3.8, 4) is 0 Å². The van der Waals surface area contributed by atoms with Crippen LogP contribution >= 0.6 is 0 Å². The lowest BCUT2D eigenvalue weighted by molar-refractivity contribution is 0.769. The van der Waals surface area contributed by atoms with Gasteiger partial charge < -0.3 is 0 Å². The van der Waals surface area contributed by atoms with E-state index >= 15 is 0 Å². The van der Waals surface area contributed by atoms with Crippen molar-refractivity contribution in [1.82, 2.24) is 0 Å². The molecule has 0 spiro atoms. The van der Waals surface area contributed by atoms with Gasteiger partial charge in [-0.2, -0.15) is 0 Å². The second-order valence-electron chi connectivity index (χ2n) is 4.05. The fourth-order valence-electron chi connectivity index (χ4n) is 2.03. The summed E-state index contributed by atoms with van der Waals surface area (Å²) in [5, 5.41) is 0. The van der Waals surface area contributed by atoms with Crippen molar-refractivity contribution >= 4 is 6.08 Å². The summed E-state index contributed by atoms with van der Waals surface area (Å²) in [4.78, 5) is 0. The third-order valence-electron chi connectivity index (χ3n) is 3.12. The van der Waals surface area contributed by atoms with E-state index in [9.17, 15) is 0 Å². The molecule has 0 bridgehead atoms. The molecule has 1 aliphatic carbocycles. The van der Waals surface area contributed by atoms with E-state index in [4.69, 9.17) is 0 Å². The van der Waals surface area contributed by atoms with Crippen LogP contribution in [-0.2, 0) is 0 Å². The van der Waals surface area contributed by atoms with E-state index in [0.717, 1.165) is 0 Å². The minimum atomic E-state index is 0.694. The molecule has 0 saturated carbocycles. The van der Waals surface area contributed by atoms with Gasteiger partial charge in [0.2, 0.25) is 0 Å². The van der Waals surface area contributed by atoms with Crippen molar-refractivity contribution in [3.63, 3.8) is 0 Å². The van der Waals surface area contributed by atoms with Gasteiger partial charge in [-0.25, -0.2) is 0 Å². The van der Waals surface area contributed by atoms with Gasteiger partial charge in [0, 0.05) is 0 Å². The van der Waals surface area contributed by atoms with Crippen molar-refractivity contribution in [2.75, 3.05) is 0 Å². The predicted molar refractivity (Wildman–Crippen MR) is 58.0 cm³/mol. The molecule has 1 unspecified atom stereocenters. The van der Waals surface area contributed by atoms with Crippen LogP contribution in [0.1, 0.15) is 41.5 Å². The summed E-state index contributed by atoms with van der Waals surface area (Å²) in [6.45, 7) is 6.70. The van der Waals surface area contributed by atoms with Crippen LogP contribution in [0.2, 0.25) is 0 Å². The molecule has 0 amide bonds. The standard InChI is InChI=1S/C13H16/c1-9-7-8-12-10(2)5-4-6-13(12)11(9)3/h4,6-8,10H,5H2,1-3H3. The Hall–Kier alpha value is -1.04. The van der Waals surface area contributed by atoms with E-state index in [1.807, 2.05) is 0 Å². The topological polar surface area (TPSA) is 0 Å². The van der Waals surface area contributed by atoms with Gasteiger partial charge in [0.1, 0.15) is 0 Å². The van der Waals surface area contributed by atoms with Gasteiger partial charge in [-0.05, 0) is 48.4 Å². The molecule has 1 atom stereocenters. The minimum Gasteiger partial charge on any atom is -0.0833 e. The lowest BCUT2D eigenvalue weighted by Gasteiger charge is -2.20. The Bertz CT molecular complexity index is 359. The Labute approximate surface area is 80.3 Å². The zero-order valence-electron chi connectivity index (χ0n) is 8.59. The summed E-state index contributed by atoms with van der Waals surface area (Å²) in [6.07, 6.45) is 5.76. The zero-order valence-corrected chi connectivity index (χ0v) is 8.59. The molecule has 0 heterocycles. The van der Waals surface area contributed by atoms with Crippen LogP contribution in [0.15, 0.2) is 18.2 Å². The van der Waals surface area contributed by atoms with Crippen LogP contribution < -0.4 is 0 Å². The Morgan fingerprint density at radius 3 is 2.77 bits per heavy atom. The molecule has 1 aromatic rings. The first kappa shape index (κ1) is 8.55. The number of allylic oxidation sites excluding steroid dienone is 1. The first-order valence-electron chi connectivity index (χ1n) is 4.97. The van der Waals surface area contributed by atoms with Crippen LogP contribution in [0, 0.1) is 13.8 Å². The van der Waals surface area contributed by atoms with Crippen molar-refractivity contribution in [2.45, 2.75) is 33.1 Å². The monoisotopic (exact) mass is 172 g/mol. The quantitative estimate of drug-likeness (QED) is 0.558. The van der Waals surface area contributed by atoms with E-state index in [1.165, 1.54) is 28.7 Å². The number of benzene rings is 1. The lowest BCUT2D eigenvalue weighted by atomic mass is 9.85. The third-order valence-corrected chi connectivity index (χ3v) is 3.12. The van der Waals surface area contributed by atoms with Crippen LogP contribution in [0.3, 0.4) is 0 Å². The number of rotatable bonds is 0. The number of hydrogen-bond acceptors (Lipinski definition) is 0. The number of fused-ring (bicyclic) bond motifs is 1. The second-order valence-corrected chi connectivity index (χ2v) is 4.05. The minimum absolute atomic E-state index is 0.694. The molecule has 0 saturated heterocycles. The van der Waals surface area contributed by atoms with Gasteiger partial charge in [0.15, 0.2) is 0 Å².